The third-order valence-electron chi connectivity index (χ3n) is 4.81. The first-order chi connectivity index (χ1) is 15.5. The number of carbonyl (C=O) groups is 1. The molecular weight excluding hydrogens is 412 g/mol. The van der Waals surface area contributed by atoms with Gasteiger partial charge in [0.05, 0.1) is 6.61 Å². The maximum atomic E-state index is 13.1. The Morgan fingerprint density at radius 3 is 2.75 bits per heavy atom. The number of benzene rings is 2. The number of ether oxygens (including phenoxy) is 2. The van der Waals surface area contributed by atoms with Gasteiger partial charge in [-0.1, -0.05) is 29.4 Å². The zero-order valence-corrected chi connectivity index (χ0v) is 18.1. The number of azide groups is 1. The minimum atomic E-state index is -1.23. The van der Waals surface area contributed by atoms with E-state index in [9.17, 15) is 4.79 Å². The molecule has 2 aromatic carbocycles. The fourth-order valence-corrected chi connectivity index (χ4v) is 3.26. The molecule has 1 amide bonds. The Morgan fingerprint density at radius 1 is 1.31 bits per heavy atom. The Labute approximate surface area is 186 Å². The lowest BCUT2D eigenvalue weighted by molar-refractivity contribution is -0.130. The Kier molecular flexibility index (Phi) is 7.67. The number of nitrogens with one attached hydrogen (secondary N) is 1. The van der Waals surface area contributed by atoms with E-state index < -0.39 is 5.54 Å². The van der Waals surface area contributed by atoms with Crippen LogP contribution < -0.4 is 10.2 Å². The third kappa shape index (κ3) is 5.55. The van der Waals surface area contributed by atoms with E-state index in [2.05, 4.69) is 15.5 Å². The molecular formula is C22H26N6O4. The molecule has 1 heterocycles. The minimum absolute atomic E-state index is 0.0430. The maximum Gasteiger partial charge on any atom is 0.266 e. The Morgan fingerprint density at radius 2 is 2.06 bits per heavy atom. The highest BCUT2D eigenvalue weighted by molar-refractivity contribution is 6.00. The summed E-state index contributed by atoms with van der Waals surface area (Å²) in [7, 11) is 3.44. The molecule has 0 aromatic heterocycles. The van der Waals surface area contributed by atoms with Crippen molar-refractivity contribution in [1.82, 2.24) is 10.4 Å². The van der Waals surface area contributed by atoms with Crippen LogP contribution in [-0.2, 0) is 16.0 Å². The fourth-order valence-electron chi connectivity index (χ4n) is 3.26. The maximum absolute atomic E-state index is 13.1. The van der Waals surface area contributed by atoms with Gasteiger partial charge in [-0.15, -0.1) is 0 Å². The number of carbonyl (C=O) groups excluding carboxylic acids is 1. The molecule has 0 spiro atoms. The van der Waals surface area contributed by atoms with Crippen molar-refractivity contribution in [3.05, 3.63) is 70.1 Å². The van der Waals surface area contributed by atoms with Crippen LogP contribution in [0, 0.1) is 0 Å². The Hall–Kier alpha value is -3.59. The molecule has 1 aliphatic rings. The molecule has 168 valence electrons. The lowest BCUT2D eigenvalue weighted by Crippen LogP contribution is -2.52. The van der Waals surface area contributed by atoms with Crippen molar-refractivity contribution in [3.8, 4) is 5.75 Å². The molecule has 3 rings (SSSR count). The van der Waals surface area contributed by atoms with Gasteiger partial charge in [0, 0.05) is 49.7 Å². The number of nitrogens with zero attached hydrogens (tertiary/aromatic N) is 5. The van der Waals surface area contributed by atoms with Gasteiger partial charge >= 0.3 is 0 Å². The zero-order chi connectivity index (χ0) is 23.0. The molecule has 0 aliphatic carbocycles. The van der Waals surface area contributed by atoms with Crippen LogP contribution in [0.2, 0.25) is 0 Å². The number of rotatable bonds is 10. The smallest absolute Gasteiger partial charge is 0.266 e. The van der Waals surface area contributed by atoms with Crippen molar-refractivity contribution >= 4 is 17.5 Å². The SMILES string of the molecule is CN(C)NC(=O)[C@]1(Cc2ccccc2N=[N+]=[N-])COC(c2ccc(OCCCO)cc2)=N1. The van der Waals surface area contributed by atoms with E-state index in [1.54, 1.807) is 61.6 Å². The number of hydrazine groups is 1. The van der Waals surface area contributed by atoms with Crippen LogP contribution in [0.1, 0.15) is 17.5 Å². The lowest BCUT2D eigenvalue weighted by Gasteiger charge is -2.25. The van der Waals surface area contributed by atoms with Crippen LogP contribution in [0.4, 0.5) is 5.69 Å². The molecule has 10 heteroatoms. The number of aliphatic hydroxyl groups is 1. The van der Waals surface area contributed by atoms with Crippen molar-refractivity contribution in [3.63, 3.8) is 0 Å². The summed E-state index contributed by atoms with van der Waals surface area (Å²) in [6.45, 7) is 0.537. The lowest BCUT2D eigenvalue weighted by atomic mass is 9.91. The van der Waals surface area contributed by atoms with Gasteiger partial charge < -0.3 is 14.6 Å². The molecule has 0 saturated heterocycles. The molecule has 0 radical (unpaired) electrons. The molecule has 10 nitrogen and oxygen atoms in total. The van der Waals surface area contributed by atoms with Crippen molar-refractivity contribution in [2.45, 2.75) is 18.4 Å². The Bertz CT molecular complexity index is 1020. The molecule has 0 bridgehead atoms. The van der Waals surface area contributed by atoms with E-state index in [0.29, 0.717) is 41.5 Å². The summed E-state index contributed by atoms with van der Waals surface area (Å²) >= 11 is 0. The number of hydrogen-bond acceptors (Lipinski definition) is 7. The monoisotopic (exact) mass is 438 g/mol. The van der Waals surface area contributed by atoms with E-state index in [4.69, 9.17) is 25.1 Å². The average molecular weight is 438 g/mol. The molecule has 1 aliphatic heterocycles. The highest BCUT2D eigenvalue weighted by Crippen LogP contribution is 2.31. The van der Waals surface area contributed by atoms with Crippen molar-refractivity contribution < 1.29 is 19.4 Å². The fraction of sp³-hybridized carbons (Fsp3) is 0.364. The minimum Gasteiger partial charge on any atom is -0.494 e. The molecule has 2 aromatic rings. The summed E-state index contributed by atoms with van der Waals surface area (Å²) in [5.74, 6) is 0.694. The first-order valence-electron chi connectivity index (χ1n) is 10.2. The first-order valence-corrected chi connectivity index (χ1v) is 10.2. The van der Waals surface area contributed by atoms with Crippen LogP contribution in [0.15, 0.2) is 58.6 Å². The Balaban J connectivity index is 1.90. The largest absolute Gasteiger partial charge is 0.494 e. The molecule has 32 heavy (non-hydrogen) atoms. The predicted molar refractivity (Wildman–Crippen MR) is 120 cm³/mol. The van der Waals surface area contributed by atoms with Crippen molar-refractivity contribution in [2.75, 3.05) is 33.9 Å². The van der Waals surface area contributed by atoms with Gasteiger partial charge in [-0.25, -0.2) is 10.0 Å². The summed E-state index contributed by atoms with van der Waals surface area (Å²) in [5.41, 5.74) is 12.3. The molecule has 1 atom stereocenters. The second kappa shape index (κ2) is 10.6. The molecule has 2 N–H and O–H groups in total. The third-order valence-corrected chi connectivity index (χ3v) is 4.81. The van der Waals surface area contributed by atoms with Gasteiger partial charge in [0.15, 0.2) is 5.54 Å². The number of aliphatic hydroxyl groups excluding tert-OH is 1. The second-order valence-corrected chi connectivity index (χ2v) is 7.52. The van der Waals surface area contributed by atoms with Gasteiger partial charge in [-0.2, -0.15) is 0 Å². The van der Waals surface area contributed by atoms with Crippen molar-refractivity contribution in [1.29, 1.82) is 0 Å². The van der Waals surface area contributed by atoms with Gasteiger partial charge in [0.1, 0.15) is 12.4 Å². The standard InChI is InChI=1S/C22H26N6O4/c1-28(2)26-21(30)22(14-17-6-3-4-7-19(17)25-27-23)15-32-20(24-22)16-8-10-18(11-9-16)31-13-5-12-29/h3-4,6-11,29H,5,12-15H2,1-2H3,(H,26,30)/t22-/m0/s1. The summed E-state index contributed by atoms with van der Waals surface area (Å²) in [6.07, 6.45) is 0.756. The van der Waals surface area contributed by atoms with E-state index in [1.165, 1.54) is 0 Å². The van der Waals surface area contributed by atoms with E-state index in [-0.39, 0.29) is 25.5 Å². The van der Waals surface area contributed by atoms with Gasteiger partial charge in [0.2, 0.25) is 5.90 Å². The molecule has 0 fully saturated rings. The second-order valence-electron chi connectivity index (χ2n) is 7.52. The van der Waals surface area contributed by atoms with Crippen LogP contribution in [0.5, 0.6) is 5.75 Å². The van der Waals surface area contributed by atoms with E-state index in [0.717, 1.165) is 0 Å². The highest BCUT2D eigenvalue weighted by atomic mass is 16.5. The average Bonchev–Trinajstić information content (AvgIpc) is 3.21. The van der Waals surface area contributed by atoms with Crippen LogP contribution in [0.3, 0.4) is 0 Å². The predicted octanol–water partition coefficient (Wildman–Crippen LogP) is 2.74. The van der Waals surface area contributed by atoms with Gasteiger partial charge in [-0.3, -0.25) is 10.2 Å². The quantitative estimate of drug-likeness (QED) is 0.193. The first kappa shape index (κ1) is 23.1. The summed E-state index contributed by atoms with van der Waals surface area (Å²) in [4.78, 5) is 20.7. The van der Waals surface area contributed by atoms with Gasteiger partial charge in [0.25, 0.3) is 5.91 Å². The molecule has 0 saturated carbocycles. The normalized spacial score (nSPS) is 17.3. The highest BCUT2D eigenvalue weighted by Gasteiger charge is 2.45. The summed E-state index contributed by atoms with van der Waals surface area (Å²) in [6, 6.07) is 14.3. The summed E-state index contributed by atoms with van der Waals surface area (Å²) < 4.78 is 11.4. The van der Waals surface area contributed by atoms with E-state index in [1.807, 2.05) is 6.07 Å². The van der Waals surface area contributed by atoms with Crippen LogP contribution >= 0.6 is 0 Å². The van der Waals surface area contributed by atoms with E-state index >= 15 is 0 Å². The van der Waals surface area contributed by atoms with Gasteiger partial charge in [-0.05, 0) is 35.4 Å². The number of hydrogen-bond donors (Lipinski definition) is 2. The topological polar surface area (TPSA) is 132 Å². The van der Waals surface area contributed by atoms with Crippen LogP contribution in [0.25, 0.3) is 10.4 Å². The number of aliphatic imine (C=N–C) groups is 1. The molecule has 0 unspecified atom stereocenters. The summed E-state index contributed by atoms with van der Waals surface area (Å²) in [5, 5.41) is 14.1. The zero-order valence-electron chi connectivity index (χ0n) is 18.1. The van der Waals surface area contributed by atoms with Crippen molar-refractivity contribution in [2.24, 2.45) is 10.1 Å². The van der Waals surface area contributed by atoms with Crippen LogP contribution in [-0.4, -0.2) is 61.4 Å². The number of amides is 1.